The van der Waals surface area contributed by atoms with Crippen LogP contribution in [-0.2, 0) is 0 Å². The first-order valence-electron chi connectivity index (χ1n) is 4.87. The van der Waals surface area contributed by atoms with E-state index in [-0.39, 0.29) is 0 Å². The molecule has 0 aromatic carbocycles. The maximum Gasteiger partial charge on any atom is 0.151 e. The first-order chi connectivity index (χ1) is 6.34. The van der Waals surface area contributed by atoms with Crippen LogP contribution in [0.5, 0.6) is 0 Å². The van der Waals surface area contributed by atoms with E-state index in [0.717, 1.165) is 11.4 Å². The highest BCUT2D eigenvalue weighted by atomic mass is 35.5. The third kappa shape index (κ3) is 1.44. The first kappa shape index (κ1) is 7.74. The van der Waals surface area contributed by atoms with Crippen LogP contribution in [0.4, 0.5) is 0 Å². The van der Waals surface area contributed by atoms with Gasteiger partial charge in [-0.2, -0.15) is 0 Å². The van der Waals surface area contributed by atoms with Crippen molar-refractivity contribution in [2.75, 3.05) is 0 Å². The van der Waals surface area contributed by atoms with E-state index in [1.807, 2.05) is 6.20 Å². The summed E-state index contributed by atoms with van der Waals surface area (Å²) in [5, 5.41) is 0.645. The third-order valence-corrected chi connectivity index (χ3v) is 3.01. The summed E-state index contributed by atoms with van der Waals surface area (Å²) in [6.45, 7) is 0. The fourth-order valence-corrected chi connectivity index (χ4v) is 1.90. The van der Waals surface area contributed by atoms with E-state index >= 15 is 0 Å². The molecule has 0 unspecified atom stereocenters. The summed E-state index contributed by atoms with van der Waals surface area (Å²) < 4.78 is 0. The molecule has 68 valence electrons. The second-order valence-electron chi connectivity index (χ2n) is 4.02. The summed E-state index contributed by atoms with van der Waals surface area (Å²) in [7, 11) is 0. The molecule has 1 heterocycles. The molecule has 0 bridgehead atoms. The van der Waals surface area contributed by atoms with E-state index in [9.17, 15) is 0 Å². The summed E-state index contributed by atoms with van der Waals surface area (Å²) in [6.07, 6.45) is 6.90. The van der Waals surface area contributed by atoms with Crippen molar-refractivity contribution in [3.05, 3.63) is 22.7 Å². The van der Waals surface area contributed by atoms with Crippen LogP contribution >= 0.6 is 11.6 Å². The van der Waals surface area contributed by atoms with Crippen molar-refractivity contribution in [1.29, 1.82) is 0 Å². The molecule has 1 aromatic heterocycles. The lowest BCUT2D eigenvalue weighted by molar-refractivity contribution is 0.923. The first-order valence-corrected chi connectivity index (χ1v) is 5.24. The maximum atomic E-state index is 6.06. The van der Waals surface area contributed by atoms with Gasteiger partial charge < -0.3 is 0 Å². The summed E-state index contributed by atoms with van der Waals surface area (Å²) in [5.74, 6) is 1.26. The molecule has 0 atom stereocenters. The van der Waals surface area contributed by atoms with Crippen molar-refractivity contribution < 1.29 is 0 Å². The monoisotopic (exact) mass is 194 g/mol. The molecule has 2 aliphatic rings. The summed E-state index contributed by atoms with van der Waals surface area (Å²) in [4.78, 5) is 8.81. The Balaban J connectivity index is 1.95. The molecule has 0 amide bonds. The number of aromatic nitrogens is 2. The highest BCUT2D eigenvalue weighted by Gasteiger charge is 2.30. The van der Waals surface area contributed by atoms with Gasteiger partial charge in [0.25, 0.3) is 0 Å². The predicted octanol–water partition coefficient (Wildman–Crippen LogP) is 2.88. The minimum Gasteiger partial charge on any atom is -0.256 e. The molecule has 0 saturated heterocycles. The lowest BCUT2D eigenvalue weighted by Gasteiger charge is -2.02. The van der Waals surface area contributed by atoms with Crippen LogP contribution in [0.1, 0.15) is 48.9 Å². The van der Waals surface area contributed by atoms with E-state index in [2.05, 4.69) is 9.97 Å². The van der Waals surface area contributed by atoms with Gasteiger partial charge >= 0.3 is 0 Å². The molecule has 13 heavy (non-hydrogen) atoms. The zero-order valence-electron chi connectivity index (χ0n) is 7.33. The van der Waals surface area contributed by atoms with Crippen LogP contribution in [0.2, 0.25) is 5.15 Å². The fraction of sp³-hybridized carbons (Fsp3) is 0.600. The highest BCUT2D eigenvalue weighted by Crippen LogP contribution is 2.43. The summed E-state index contributed by atoms with van der Waals surface area (Å²) in [6, 6.07) is 0. The second kappa shape index (κ2) is 2.68. The summed E-state index contributed by atoms with van der Waals surface area (Å²) >= 11 is 6.06. The van der Waals surface area contributed by atoms with Gasteiger partial charge in [0.05, 0.1) is 11.4 Å². The molecule has 0 N–H and O–H groups in total. The fourth-order valence-electron chi connectivity index (χ4n) is 1.59. The van der Waals surface area contributed by atoms with Crippen molar-refractivity contribution in [2.24, 2.45) is 0 Å². The van der Waals surface area contributed by atoms with Gasteiger partial charge in [-0.15, -0.1) is 0 Å². The number of hydrogen-bond acceptors (Lipinski definition) is 2. The molecule has 0 spiro atoms. The predicted molar refractivity (Wildman–Crippen MR) is 51.0 cm³/mol. The normalized spacial score (nSPS) is 21.9. The number of halogens is 1. The van der Waals surface area contributed by atoms with Gasteiger partial charge in [0, 0.05) is 18.0 Å². The Hall–Kier alpha value is -0.630. The van der Waals surface area contributed by atoms with Gasteiger partial charge in [-0.25, -0.2) is 4.98 Å². The Bertz CT molecular complexity index is 343. The standard InChI is InChI=1S/C10H11ClN2/c11-10-9(7-3-4-7)12-5-8(13-10)6-1-2-6/h5-7H,1-4H2. The van der Waals surface area contributed by atoms with Gasteiger partial charge in [0.2, 0.25) is 0 Å². The Morgan fingerprint density at radius 2 is 1.85 bits per heavy atom. The van der Waals surface area contributed by atoms with Gasteiger partial charge in [-0.1, -0.05) is 11.6 Å². The van der Waals surface area contributed by atoms with Crippen LogP contribution in [0.3, 0.4) is 0 Å². The van der Waals surface area contributed by atoms with Crippen molar-refractivity contribution in [2.45, 2.75) is 37.5 Å². The van der Waals surface area contributed by atoms with Gasteiger partial charge in [0.1, 0.15) is 0 Å². The highest BCUT2D eigenvalue weighted by molar-refractivity contribution is 6.30. The molecular formula is C10H11ClN2. The van der Waals surface area contributed by atoms with E-state index in [1.165, 1.54) is 25.7 Å². The molecule has 0 radical (unpaired) electrons. The van der Waals surface area contributed by atoms with E-state index in [4.69, 9.17) is 11.6 Å². The Morgan fingerprint density at radius 3 is 2.38 bits per heavy atom. The molecule has 1 aromatic rings. The van der Waals surface area contributed by atoms with Gasteiger partial charge in [-0.05, 0) is 25.7 Å². The number of rotatable bonds is 2. The topological polar surface area (TPSA) is 25.8 Å². The molecular weight excluding hydrogens is 184 g/mol. The minimum atomic E-state index is 0.605. The molecule has 0 aliphatic heterocycles. The lowest BCUT2D eigenvalue weighted by atomic mass is 10.2. The molecule has 2 nitrogen and oxygen atoms in total. The van der Waals surface area contributed by atoms with Crippen molar-refractivity contribution in [1.82, 2.24) is 9.97 Å². The summed E-state index contributed by atoms with van der Waals surface area (Å²) in [5.41, 5.74) is 2.11. The lowest BCUT2D eigenvalue weighted by Crippen LogP contribution is -1.95. The quantitative estimate of drug-likeness (QED) is 0.724. The molecule has 2 saturated carbocycles. The number of hydrogen-bond donors (Lipinski definition) is 0. The van der Waals surface area contributed by atoms with E-state index in [1.54, 1.807) is 0 Å². The minimum absolute atomic E-state index is 0.605. The zero-order valence-corrected chi connectivity index (χ0v) is 8.09. The van der Waals surface area contributed by atoms with Crippen LogP contribution in [0.25, 0.3) is 0 Å². The Morgan fingerprint density at radius 1 is 1.15 bits per heavy atom. The second-order valence-corrected chi connectivity index (χ2v) is 4.38. The number of nitrogens with zero attached hydrogens (tertiary/aromatic N) is 2. The largest absolute Gasteiger partial charge is 0.256 e. The zero-order chi connectivity index (χ0) is 8.84. The molecule has 2 fully saturated rings. The third-order valence-electron chi connectivity index (χ3n) is 2.73. The smallest absolute Gasteiger partial charge is 0.151 e. The Labute approximate surface area is 82.4 Å². The average Bonchev–Trinajstić information content (AvgIpc) is 3.00. The van der Waals surface area contributed by atoms with E-state index < -0.39 is 0 Å². The Kier molecular flexibility index (Phi) is 1.59. The van der Waals surface area contributed by atoms with Crippen LogP contribution in [0, 0.1) is 0 Å². The average molecular weight is 195 g/mol. The van der Waals surface area contributed by atoms with E-state index in [0.29, 0.717) is 17.0 Å². The maximum absolute atomic E-state index is 6.06. The van der Waals surface area contributed by atoms with Crippen molar-refractivity contribution >= 4 is 11.6 Å². The van der Waals surface area contributed by atoms with Gasteiger partial charge in [-0.3, -0.25) is 4.98 Å². The molecule has 3 heteroatoms. The van der Waals surface area contributed by atoms with Crippen LogP contribution in [-0.4, -0.2) is 9.97 Å². The van der Waals surface area contributed by atoms with Crippen molar-refractivity contribution in [3.8, 4) is 0 Å². The van der Waals surface area contributed by atoms with Crippen LogP contribution in [0.15, 0.2) is 6.20 Å². The SMILES string of the molecule is Clc1nc(C2CC2)cnc1C1CC1. The van der Waals surface area contributed by atoms with Crippen molar-refractivity contribution in [3.63, 3.8) is 0 Å². The molecule has 2 aliphatic carbocycles. The molecule has 3 rings (SSSR count). The van der Waals surface area contributed by atoms with Crippen LogP contribution < -0.4 is 0 Å². The van der Waals surface area contributed by atoms with Gasteiger partial charge in [0.15, 0.2) is 5.15 Å².